The Morgan fingerprint density at radius 2 is 1.86 bits per heavy atom. The molecule has 152 valence electrons. The maximum atomic E-state index is 12.3. The molecule has 1 fully saturated rings. The molecule has 29 heavy (non-hydrogen) atoms. The molecule has 0 unspecified atom stereocenters. The van der Waals surface area contributed by atoms with Crippen LogP contribution in [0.25, 0.3) is 17.8 Å². The van der Waals surface area contributed by atoms with Gasteiger partial charge in [-0.25, -0.2) is 9.48 Å². The average Bonchev–Trinajstić information content (AvgIpc) is 3.05. The number of benzene rings is 1. The predicted molar refractivity (Wildman–Crippen MR) is 118 cm³/mol. The first-order chi connectivity index (χ1) is 14.0. The third kappa shape index (κ3) is 4.10. The van der Waals surface area contributed by atoms with E-state index >= 15 is 0 Å². The SMILES string of the molecule is CN(C)C(=O)N1CCC(c2nn(-c3ccc(Cl)cc3)c3c2=CC=CCCC=3)CC1. The monoisotopic (exact) mass is 410 g/mol. The lowest BCUT2D eigenvalue weighted by Crippen LogP contribution is -2.44. The van der Waals surface area contributed by atoms with Crippen LogP contribution >= 0.6 is 11.6 Å². The van der Waals surface area contributed by atoms with E-state index in [1.165, 1.54) is 5.22 Å². The highest BCUT2D eigenvalue weighted by atomic mass is 35.5. The fraction of sp³-hybridized carbons (Fsp3) is 0.391. The van der Waals surface area contributed by atoms with Crippen LogP contribution in [0.4, 0.5) is 4.79 Å². The molecule has 4 rings (SSSR count). The molecular weight excluding hydrogens is 384 g/mol. The molecule has 1 aliphatic carbocycles. The summed E-state index contributed by atoms with van der Waals surface area (Å²) in [5.74, 6) is 0.348. The highest BCUT2D eigenvalue weighted by Crippen LogP contribution is 2.25. The molecule has 2 heterocycles. The van der Waals surface area contributed by atoms with Gasteiger partial charge in [-0.15, -0.1) is 0 Å². The van der Waals surface area contributed by atoms with Gasteiger partial charge in [0.1, 0.15) is 0 Å². The number of nitrogens with zero attached hydrogens (tertiary/aromatic N) is 4. The fourth-order valence-corrected chi connectivity index (χ4v) is 4.24. The largest absolute Gasteiger partial charge is 0.331 e. The molecular formula is C23H27ClN4O. The van der Waals surface area contributed by atoms with Crippen LogP contribution in [-0.4, -0.2) is 52.8 Å². The molecule has 1 aromatic heterocycles. The Labute approximate surface area is 176 Å². The number of piperidine rings is 1. The number of rotatable bonds is 2. The van der Waals surface area contributed by atoms with E-state index in [0.717, 1.165) is 60.5 Å². The van der Waals surface area contributed by atoms with E-state index in [-0.39, 0.29) is 6.03 Å². The number of likely N-dealkylation sites (tertiary alicyclic amines) is 1. The van der Waals surface area contributed by atoms with E-state index in [0.29, 0.717) is 5.92 Å². The minimum Gasteiger partial charge on any atom is -0.331 e. The Bertz CT molecular complexity index is 1030. The molecule has 2 aliphatic rings. The summed E-state index contributed by atoms with van der Waals surface area (Å²) in [4.78, 5) is 15.9. The maximum Gasteiger partial charge on any atom is 0.319 e. The van der Waals surface area contributed by atoms with E-state index in [1.807, 2.05) is 47.9 Å². The highest BCUT2D eigenvalue weighted by molar-refractivity contribution is 6.30. The Balaban J connectivity index is 1.72. The topological polar surface area (TPSA) is 41.4 Å². The molecule has 0 spiro atoms. The standard InChI is InChI=1S/C23H27ClN4O/c1-26(2)23(29)27-15-13-17(14-16-27)22-20-7-5-3-4-6-8-21(20)28(25-22)19-11-9-18(24)10-12-19/h3,5,7-12,17H,4,6,13-16H2,1-2H3. The van der Waals surface area contributed by atoms with Crippen LogP contribution in [0.5, 0.6) is 0 Å². The molecule has 1 saturated heterocycles. The van der Waals surface area contributed by atoms with Crippen LogP contribution in [0.1, 0.15) is 37.3 Å². The van der Waals surface area contributed by atoms with Gasteiger partial charge in [0.15, 0.2) is 0 Å². The first-order valence-corrected chi connectivity index (χ1v) is 10.6. The van der Waals surface area contributed by atoms with Crippen molar-refractivity contribution in [1.82, 2.24) is 19.6 Å². The van der Waals surface area contributed by atoms with Gasteiger partial charge >= 0.3 is 6.03 Å². The maximum absolute atomic E-state index is 12.3. The molecule has 0 saturated carbocycles. The van der Waals surface area contributed by atoms with Crippen LogP contribution < -0.4 is 10.6 Å². The third-order valence-corrected chi connectivity index (χ3v) is 5.92. The van der Waals surface area contributed by atoms with E-state index in [9.17, 15) is 4.79 Å². The van der Waals surface area contributed by atoms with Gasteiger partial charge in [0.2, 0.25) is 0 Å². The summed E-state index contributed by atoms with van der Waals surface area (Å²) in [5.41, 5.74) is 2.15. The van der Waals surface area contributed by atoms with E-state index in [2.05, 4.69) is 24.3 Å². The number of urea groups is 1. The smallest absolute Gasteiger partial charge is 0.319 e. The van der Waals surface area contributed by atoms with Crippen molar-refractivity contribution in [3.05, 3.63) is 57.7 Å². The summed E-state index contributed by atoms with van der Waals surface area (Å²) >= 11 is 6.09. The van der Waals surface area contributed by atoms with Crippen LogP contribution in [-0.2, 0) is 0 Å². The second kappa shape index (κ2) is 8.46. The van der Waals surface area contributed by atoms with Gasteiger partial charge in [0.05, 0.1) is 16.7 Å². The zero-order valence-electron chi connectivity index (χ0n) is 17.0. The third-order valence-electron chi connectivity index (χ3n) is 5.66. The zero-order valence-corrected chi connectivity index (χ0v) is 17.8. The molecule has 1 aliphatic heterocycles. The quantitative estimate of drug-likeness (QED) is 0.762. The van der Waals surface area contributed by atoms with Crippen molar-refractivity contribution in [3.8, 4) is 5.69 Å². The van der Waals surface area contributed by atoms with Crippen LogP contribution in [0.2, 0.25) is 5.02 Å². The van der Waals surface area contributed by atoms with Gasteiger partial charge in [0, 0.05) is 43.3 Å². The van der Waals surface area contributed by atoms with Crippen LogP contribution in [0.15, 0.2) is 36.4 Å². The summed E-state index contributed by atoms with van der Waals surface area (Å²) in [6, 6.07) is 7.93. The zero-order chi connectivity index (χ0) is 20.4. The van der Waals surface area contributed by atoms with Crippen molar-refractivity contribution >= 4 is 29.8 Å². The lowest BCUT2D eigenvalue weighted by molar-refractivity contribution is 0.156. The number of aromatic nitrogens is 2. The Hall–Kier alpha value is -2.53. The van der Waals surface area contributed by atoms with E-state index < -0.39 is 0 Å². The van der Waals surface area contributed by atoms with Crippen LogP contribution in [0, 0.1) is 0 Å². The van der Waals surface area contributed by atoms with Gasteiger partial charge in [0.25, 0.3) is 0 Å². The van der Waals surface area contributed by atoms with Gasteiger partial charge in [-0.05, 0) is 49.9 Å². The number of allylic oxidation sites excluding steroid dienone is 2. The number of carbonyl (C=O) groups excluding carboxylic acids is 1. The summed E-state index contributed by atoms with van der Waals surface area (Å²) in [7, 11) is 3.62. The van der Waals surface area contributed by atoms with E-state index in [4.69, 9.17) is 16.7 Å². The number of fused-ring (bicyclic) bond motifs is 1. The molecule has 2 aromatic rings. The van der Waals surface area contributed by atoms with Crippen molar-refractivity contribution in [2.45, 2.75) is 31.6 Å². The minimum absolute atomic E-state index is 0.0910. The molecule has 0 radical (unpaired) electrons. The normalized spacial score (nSPS) is 17.0. The number of amides is 2. The number of carbonyl (C=O) groups is 1. The average molecular weight is 411 g/mol. The summed E-state index contributed by atoms with van der Waals surface area (Å²) in [6.45, 7) is 1.54. The van der Waals surface area contributed by atoms with Gasteiger partial charge < -0.3 is 9.80 Å². The number of hydrogen-bond acceptors (Lipinski definition) is 2. The molecule has 0 bridgehead atoms. The van der Waals surface area contributed by atoms with Gasteiger partial charge in [-0.2, -0.15) is 5.10 Å². The van der Waals surface area contributed by atoms with Crippen molar-refractivity contribution in [2.24, 2.45) is 0 Å². The fourth-order valence-electron chi connectivity index (χ4n) is 4.11. The Kier molecular flexibility index (Phi) is 5.76. The highest BCUT2D eigenvalue weighted by Gasteiger charge is 2.27. The van der Waals surface area contributed by atoms with Gasteiger partial charge in [-0.1, -0.05) is 35.9 Å². The van der Waals surface area contributed by atoms with Crippen molar-refractivity contribution in [2.75, 3.05) is 27.2 Å². The second-order valence-corrected chi connectivity index (χ2v) is 8.32. The van der Waals surface area contributed by atoms with Crippen LogP contribution in [0.3, 0.4) is 0 Å². The predicted octanol–water partition coefficient (Wildman–Crippen LogP) is 3.30. The molecule has 2 amide bonds. The lowest BCUT2D eigenvalue weighted by atomic mass is 9.92. The number of halogens is 1. The molecule has 0 N–H and O–H groups in total. The number of hydrogen-bond donors (Lipinski definition) is 0. The molecule has 5 nitrogen and oxygen atoms in total. The molecule has 0 atom stereocenters. The van der Waals surface area contributed by atoms with Crippen molar-refractivity contribution < 1.29 is 4.79 Å². The molecule has 6 heteroatoms. The lowest BCUT2D eigenvalue weighted by Gasteiger charge is -2.33. The molecule has 1 aromatic carbocycles. The van der Waals surface area contributed by atoms with Crippen molar-refractivity contribution in [3.63, 3.8) is 0 Å². The summed E-state index contributed by atoms with van der Waals surface area (Å²) < 4.78 is 2.05. The van der Waals surface area contributed by atoms with E-state index in [1.54, 1.807) is 4.90 Å². The first kappa shape index (κ1) is 19.8. The minimum atomic E-state index is 0.0910. The summed E-state index contributed by atoms with van der Waals surface area (Å²) in [5, 5.41) is 8.14. The first-order valence-electron chi connectivity index (χ1n) is 10.2. The van der Waals surface area contributed by atoms with Crippen molar-refractivity contribution in [1.29, 1.82) is 0 Å². The second-order valence-electron chi connectivity index (χ2n) is 7.89. The Morgan fingerprint density at radius 1 is 1.14 bits per heavy atom. The Morgan fingerprint density at radius 3 is 2.55 bits per heavy atom. The summed E-state index contributed by atoms with van der Waals surface area (Å²) in [6.07, 6.45) is 12.7. The van der Waals surface area contributed by atoms with Gasteiger partial charge in [-0.3, -0.25) is 0 Å².